The molecule has 222 valence electrons. The normalized spacial score (nSPS) is 12.2. The molecule has 11 aromatic rings. The molecule has 5 nitrogen and oxygen atoms in total. The van der Waals surface area contributed by atoms with E-state index < -0.39 is 0 Å². The van der Waals surface area contributed by atoms with Crippen LogP contribution in [0.5, 0.6) is 0 Å². The molecule has 0 N–H and O–H groups in total. The maximum Gasteiger partial charge on any atom is 0.238 e. The Labute approximate surface area is 273 Å². The van der Waals surface area contributed by atoms with Gasteiger partial charge in [-0.1, -0.05) is 121 Å². The van der Waals surface area contributed by atoms with Gasteiger partial charge < -0.3 is 4.42 Å². The second-order valence-electron chi connectivity index (χ2n) is 12.4. The van der Waals surface area contributed by atoms with Crippen molar-refractivity contribution in [1.29, 1.82) is 0 Å². The topological polar surface area (TPSA) is 56.7 Å². The van der Waals surface area contributed by atoms with Gasteiger partial charge in [-0.3, -0.25) is 4.57 Å². The molecule has 11 rings (SSSR count). The summed E-state index contributed by atoms with van der Waals surface area (Å²) in [5.41, 5.74) is 5.64. The number of benzene rings is 8. The highest BCUT2D eigenvalue weighted by Crippen LogP contribution is 2.46. The van der Waals surface area contributed by atoms with E-state index in [2.05, 4.69) is 102 Å². The van der Waals surface area contributed by atoms with Gasteiger partial charge in [-0.25, -0.2) is 4.98 Å². The first-order valence-electron chi connectivity index (χ1n) is 16.1. The minimum atomic E-state index is 0.578. The average molecular weight is 613 g/mol. The Morgan fingerprint density at radius 3 is 1.98 bits per heavy atom. The highest BCUT2D eigenvalue weighted by atomic mass is 16.3. The van der Waals surface area contributed by atoms with Crippen LogP contribution in [-0.2, 0) is 0 Å². The summed E-state index contributed by atoms with van der Waals surface area (Å²) in [6.45, 7) is 0. The van der Waals surface area contributed by atoms with E-state index in [9.17, 15) is 0 Å². The van der Waals surface area contributed by atoms with Crippen molar-refractivity contribution in [2.45, 2.75) is 0 Å². The molecule has 5 heteroatoms. The van der Waals surface area contributed by atoms with Crippen molar-refractivity contribution in [3.05, 3.63) is 146 Å². The van der Waals surface area contributed by atoms with E-state index in [1.807, 2.05) is 48.5 Å². The summed E-state index contributed by atoms with van der Waals surface area (Å²) in [7, 11) is 0. The average Bonchev–Trinajstić information content (AvgIpc) is 3.71. The second kappa shape index (κ2) is 9.47. The van der Waals surface area contributed by atoms with E-state index in [4.69, 9.17) is 19.4 Å². The van der Waals surface area contributed by atoms with Gasteiger partial charge in [-0.15, -0.1) is 0 Å². The molecule has 0 atom stereocenters. The molecule has 0 fully saturated rings. The molecule has 0 unspecified atom stereocenters. The van der Waals surface area contributed by atoms with Crippen LogP contribution in [0, 0.1) is 0 Å². The number of hydrogen-bond acceptors (Lipinski definition) is 4. The predicted molar refractivity (Wildman–Crippen MR) is 196 cm³/mol. The zero-order valence-corrected chi connectivity index (χ0v) is 25.6. The van der Waals surface area contributed by atoms with Crippen LogP contribution in [0.15, 0.2) is 150 Å². The zero-order valence-electron chi connectivity index (χ0n) is 25.6. The van der Waals surface area contributed by atoms with Crippen LogP contribution in [0.3, 0.4) is 0 Å². The van der Waals surface area contributed by atoms with E-state index >= 15 is 0 Å². The molecule has 48 heavy (non-hydrogen) atoms. The summed E-state index contributed by atoms with van der Waals surface area (Å²) in [4.78, 5) is 15.7. The van der Waals surface area contributed by atoms with E-state index in [1.165, 1.54) is 37.7 Å². The Bertz CT molecular complexity index is 3060. The molecule has 0 saturated heterocycles. The number of nitrogens with zero attached hydrogens (tertiary/aromatic N) is 4. The van der Waals surface area contributed by atoms with Crippen LogP contribution in [0.4, 0.5) is 0 Å². The van der Waals surface area contributed by atoms with Crippen molar-refractivity contribution in [2.75, 3.05) is 0 Å². The molecular weight excluding hydrogens is 589 g/mol. The van der Waals surface area contributed by atoms with E-state index in [1.54, 1.807) is 0 Å². The third kappa shape index (κ3) is 3.42. The van der Waals surface area contributed by atoms with Gasteiger partial charge in [0.15, 0.2) is 11.6 Å². The summed E-state index contributed by atoms with van der Waals surface area (Å²) >= 11 is 0. The van der Waals surface area contributed by atoms with Crippen molar-refractivity contribution in [3.8, 4) is 28.7 Å². The lowest BCUT2D eigenvalue weighted by Crippen LogP contribution is -2.06. The molecule has 0 saturated carbocycles. The Kier molecular flexibility index (Phi) is 5.05. The number of hydrogen-bond donors (Lipinski definition) is 0. The Hall–Kier alpha value is -6.59. The molecule has 0 aliphatic heterocycles. The van der Waals surface area contributed by atoms with Gasteiger partial charge in [-0.2, -0.15) is 9.97 Å². The van der Waals surface area contributed by atoms with Crippen LogP contribution in [0.2, 0.25) is 0 Å². The molecule has 0 aliphatic rings. The fraction of sp³-hybridized carbons (Fsp3) is 0. The summed E-state index contributed by atoms with van der Waals surface area (Å²) in [5.74, 6) is 1.79. The van der Waals surface area contributed by atoms with Crippen molar-refractivity contribution in [1.82, 2.24) is 19.5 Å². The molecular formula is C43H24N4O. The first-order valence-corrected chi connectivity index (χ1v) is 16.1. The highest BCUT2D eigenvalue weighted by molar-refractivity contribution is 6.38. The number of furan rings is 1. The molecule has 3 heterocycles. The van der Waals surface area contributed by atoms with Gasteiger partial charge in [0, 0.05) is 38.1 Å². The Morgan fingerprint density at radius 1 is 0.438 bits per heavy atom. The summed E-state index contributed by atoms with van der Waals surface area (Å²) in [6, 6.07) is 50.7. The van der Waals surface area contributed by atoms with Gasteiger partial charge in [0.25, 0.3) is 0 Å². The minimum absolute atomic E-state index is 0.578. The van der Waals surface area contributed by atoms with Crippen molar-refractivity contribution in [3.63, 3.8) is 0 Å². The van der Waals surface area contributed by atoms with Gasteiger partial charge in [0.05, 0.1) is 11.0 Å². The van der Waals surface area contributed by atoms with E-state index in [0.717, 1.165) is 49.5 Å². The molecule has 0 spiro atoms. The minimum Gasteiger partial charge on any atom is -0.456 e. The maximum atomic E-state index is 6.28. The zero-order chi connectivity index (χ0) is 31.3. The quantitative estimate of drug-likeness (QED) is 0.147. The number of fused-ring (bicyclic) bond motifs is 8. The second-order valence-corrected chi connectivity index (χ2v) is 12.4. The molecule has 8 aromatic carbocycles. The Morgan fingerprint density at radius 2 is 1.10 bits per heavy atom. The SMILES string of the molecule is c1ccc(-c2nc(-c3cccc4oc5ccccc5c34)nc(-n3c4cccc5c6ccccc6c6cc7ccccc7c3c6c54)n2)cc1. The van der Waals surface area contributed by atoms with Gasteiger partial charge in [0.2, 0.25) is 5.95 Å². The largest absolute Gasteiger partial charge is 0.456 e. The standard InChI is InChI=1S/C43H24N4O/c1-2-12-25(13-3-1)41-44-42(32-20-11-23-36-37(32)31-18-8-9-22-35(31)48-36)46-43(45-41)47-34-21-10-19-30-28-16-6-7-17-29(28)33-24-26-14-4-5-15-27(26)40(47)39(33)38(30)34/h1-24H. The lowest BCUT2D eigenvalue weighted by Gasteiger charge is -2.12. The van der Waals surface area contributed by atoms with Crippen LogP contribution >= 0.6 is 0 Å². The third-order valence-corrected chi connectivity index (χ3v) is 9.79. The predicted octanol–water partition coefficient (Wildman–Crippen LogP) is 11.1. The Balaban J connectivity index is 1.33. The van der Waals surface area contributed by atoms with Crippen LogP contribution in [0.25, 0.3) is 105 Å². The fourth-order valence-electron chi connectivity index (χ4n) is 7.78. The van der Waals surface area contributed by atoms with Crippen molar-refractivity contribution >= 4 is 76.1 Å². The monoisotopic (exact) mass is 612 g/mol. The number of aromatic nitrogens is 4. The molecule has 0 aliphatic carbocycles. The highest BCUT2D eigenvalue weighted by Gasteiger charge is 2.24. The first kappa shape index (κ1) is 25.6. The molecule has 0 radical (unpaired) electrons. The maximum absolute atomic E-state index is 6.28. The van der Waals surface area contributed by atoms with E-state index in [0.29, 0.717) is 17.6 Å². The summed E-state index contributed by atoms with van der Waals surface area (Å²) in [5, 5.41) is 11.7. The number of para-hydroxylation sites is 1. The molecule has 0 amide bonds. The van der Waals surface area contributed by atoms with Crippen LogP contribution in [0.1, 0.15) is 0 Å². The van der Waals surface area contributed by atoms with E-state index in [-0.39, 0.29) is 0 Å². The summed E-state index contributed by atoms with van der Waals surface area (Å²) in [6.07, 6.45) is 0. The van der Waals surface area contributed by atoms with Gasteiger partial charge in [0.1, 0.15) is 11.2 Å². The fourth-order valence-corrected chi connectivity index (χ4v) is 7.78. The van der Waals surface area contributed by atoms with Gasteiger partial charge in [-0.05, 0) is 51.2 Å². The van der Waals surface area contributed by atoms with Gasteiger partial charge >= 0.3 is 0 Å². The van der Waals surface area contributed by atoms with Crippen molar-refractivity contribution in [2.24, 2.45) is 0 Å². The lowest BCUT2D eigenvalue weighted by molar-refractivity contribution is 0.669. The number of rotatable bonds is 3. The lowest BCUT2D eigenvalue weighted by atomic mass is 9.92. The smallest absolute Gasteiger partial charge is 0.238 e. The van der Waals surface area contributed by atoms with Crippen molar-refractivity contribution < 1.29 is 4.42 Å². The molecule has 3 aromatic heterocycles. The van der Waals surface area contributed by atoms with Crippen LogP contribution < -0.4 is 0 Å². The first-order chi connectivity index (χ1) is 23.8. The third-order valence-electron chi connectivity index (χ3n) is 9.79. The molecule has 0 bridgehead atoms. The van der Waals surface area contributed by atoms with Crippen LogP contribution in [-0.4, -0.2) is 19.5 Å². The summed E-state index contributed by atoms with van der Waals surface area (Å²) < 4.78 is 8.54.